The summed E-state index contributed by atoms with van der Waals surface area (Å²) >= 11 is 8.95. The van der Waals surface area contributed by atoms with Crippen molar-refractivity contribution in [1.29, 1.82) is 0 Å². The van der Waals surface area contributed by atoms with Crippen molar-refractivity contribution in [3.63, 3.8) is 0 Å². The maximum atomic E-state index is 12.8. The fourth-order valence-electron chi connectivity index (χ4n) is 3.90. The maximum Gasteiger partial charge on any atom is 0.416 e. The zero-order chi connectivity index (χ0) is 24.5. The summed E-state index contributed by atoms with van der Waals surface area (Å²) in [5.41, 5.74) is 0.823. The molecule has 0 atom stereocenters. The highest BCUT2D eigenvalue weighted by molar-refractivity contribution is 14.1. The lowest BCUT2D eigenvalue weighted by Crippen LogP contribution is -2.46. The van der Waals surface area contributed by atoms with Gasteiger partial charge < -0.3 is 5.32 Å². The third-order valence-corrected chi connectivity index (χ3v) is 7.21. The van der Waals surface area contributed by atoms with E-state index in [1.165, 1.54) is 18.3 Å². The Morgan fingerprint density at radius 1 is 1.12 bits per heavy atom. The molecule has 4 rings (SSSR count). The first kappa shape index (κ1) is 25.1. The molecule has 12 heteroatoms. The number of benzene rings is 1. The van der Waals surface area contributed by atoms with Crippen LogP contribution in [0.4, 0.5) is 18.9 Å². The van der Waals surface area contributed by atoms with Gasteiger partial charge in [-0.3, -0.25) is 14.6 Å². The molecular formula is C22H23ClF3IN6O. The number of hydrogen-bond donors (Lipinski definition) is 1. The van der Waals surface area contributed by atoms with E-state index in [4.69, 9.17) is 11.6 Å². The van der Waals surface area contributed by atoms with Crippen molar-refractivity contribution in [2.75, 3.05) is 42.6 Å². The number of carbonyl (C=O) groups is 1. The number of amides is 1. The van der Waals surface area contributed by atoms with Crippen LogP contribution >= 0.6 is 34.2 Å². The lowest BCUT2D eigenvalue weighted by Gasteiger charge is -2.33. The summed E-state index contributed by atoms with van der Waals surface area (Å²) < 4.78 is 41.1. The number of nitrogens with zero attached hydrogens (tertiary/aromatic N) is 5. The summed E-state index contributed by atoms with van der Waals surface area (Å²) in [6, 6.07) is 4.22. The lowest BCUT2D eigenvalue weighted by atomic mass is 10.1. The molecule has 1 aromatic carbocycles. The van der Waals surface area contributed by atoms with E-state index in [0.717, 1.165) is 49.4 Å². The van der Waals surface area contributed by atoms with Gasteiger partial charge in [0.05, 0.1) is 38.3 Å². The monoisotopic (exact) mass is 606 g/mol. The van der Waals surface area contributed by atoms with Crippen LogP contribution < -0.4 is 5.32 Å². The minimum Gasteiger partial charge on any atom is -0.322 e. The van der Waals surface area contributed by atoms with E-state index >= 15 is 0 Å². The minimum atomic E-state index is -4.44. The number of fused-ring (bicyclic) bond motifs is 1. The quantitative estimate of drug-likeness (QED) is 0.251. The van der Waals surface area contributed by atoms with Gasteiger partial charge in [-0.1, -0.05) is 34.2 Å². The first-order chi connectivity index (χ1) is 16.2. The first-order valence-electron chi connectivity index (χ1n) is 10.7. The normalized spacial score (nSPS) is 15.7. The van der Waals surface area contributed by atoms with Crippen molar-refractivity contribution in [2.24, 2.45) is 0 Å². The molecule has 1 aliphatic heterocycles. The second-order valence-electron chi connectivity index (χ2n) is 8.10. The molecule has 7 nitrogen and oxygen atoms in total. The summed E-state index contributed by atoms with van der Waals surface area (Å²) in [7, 11) is 0. The summed E-state index contributed by atoms with van der Waals surface area (Å²) in [6.07, 6.45) is -3.07. The summed E-state index contributed by atoms with van der Waals surface area (Å²) in [5, 5.41) is 7.96. The molecule has 2 aromatic heterocycles. The van der Waals surface area contributed by atoms with Crippen LogP contribution in [0.5, 0.6) is 0 Å². The van der Waals surface area contributed by atoms with Gasteiger partial charge in [-0.25, -0.2) is 9.67 Å². The number of rotatable bonds is 6. The van der Waals surface area contributed by atoms with E-state index in [1.807, 2.05) is 6.92 Å². The van der Waals surface area contributed by atoms with Crippen molar-refractivity contribution in [3.8, 4) is 0 Å². The van der Waals surface area contributed by atoms with Crippen molar-refractivity contribution in [1.82, 2.24) is 24.6 Å². The van der Waals surface area contributed by atoms with Crippen molar-refractivity contribution < 1.29 is 18.0 Å². The van der Waals surface area contributed by atoms with Crippen LogP contribution in [0, 0.1) is 6.92 Å². The number of anilines is 1. The van der Waals surface area contributed by atoms with E-state index in [9.17, 15) is 18.0 Å². The second kappa shape index (κ2) is 10.3. The smallest absolute Gasteiger partial charge is 0.322 e. The number of alkyl halides is 4. The summed E-state index contributed by atoms with van der Waals surface area (Å²) in [6.45, 7) is 7.39. The number of nitrogens with one attached hydrogen (secondary N) is 1. The highest BCUT2D eigenvalue weighted by atomic mass is 127. The van der Waals surface area contributed by atoms with Crippen molar-refractivity contribution in [2.45, 2.75) is 19.6 Å². The molecule has 0 bridgehead atoms. The van der Waals surface area contributed by atoms with Crippen LogP contribution in [0.25, 0.3) is 11.0 Å². The SMILES string of the molecule is Cc1nn(CCN2CCN(CI)CC2)c2ncc(C(=O)Nc3ccc(C(F)(F)F)cc3)c(Cl)c12. The molecule has 3 aromatic rings. The molecule has 3 heterocycles. The highest BCUT2D eigenvalue weighted by Gasteiger charge is 2.30. The fourth-order valence-corrected chi connectivity index (χ4v) is 4.94. The molecule has 1 fully saturated rings. The van der Waals surface area contributed by atoms with Gasteiger partial charge in [0.2, 0.25) is 0 Å². The molecule has 0 radical (unpaired) electrons. The van der Waals surface area contributed by atoms with Crippen LogP contribution in [0.15, 0.2) is 30.5 Å². The lowest BCUT2D eigenvalue weighted by molar-refractivity contribution is -0.137. The fraction of sp³-hybridized carbons (Fsp3) is 0.409. The minimum absolute atomic E-state index is 0.131. The number of piperazine rings is 1. The molecule has 34 heavy (non-hydrogen) atoms. The molecule has 0 aliphatic carbocycles. The van der Waals surface area contributed by atoms with Crippen molar-refractivity contribution in [3.05, 3.63) is 52.3 Å². The number of halogens is 5. The highest BCUT2D eigenvalue weighted by Crippen LogP contribution is 2.31. The Kier molecular flexibility index (Phi) is 7.65. The zero-order valence-electron chi connectivity index (χ0n) is 18.4. The molecule has 0 spiro atoms. The molecule has 1 saturated heterocycles. The largest absolute Gasteiger partial charge is 0.416 e. The molecule has 182 valence electrons. The first-order valence-corrected chi connectivity index (χ1v) is 12.6. The molecule has 1 N–H and O–H groups in total. The molecule has 1 aliphatic rings. The number of pyridine rings is 1. The van der Waals surface area contributed by atoms with E-state index in [1.54, 1.807) is 4.68 Å². The number of hydrogen-bond acceptors (Lipinski definition) is 5. The Morgan fingerprint density at radius 2 is 1.76 bits per heavy atom. The van der Waals surface area contributed by atoms with Crippen LogP contribution in [0.1, 0.15) is 21.6 Å². The average molecular weight is 607 g/mol. The summed E-state index contributed by atoms with van der Waals surface area (Å²) in [4.78, 5) is 22.0. The Balaban J connectivity index is 1.48. The predicted molar refractivity (Wildman–Crippen MR) is 134 cm³/mol. The Morgan fingerprint density at radius 3 is 2.38 bits per heavy atom. The Bertz CT molecular complexity index is 1180. The standard InChI is InChI=1S/C22H23ClF3IN6O/c1-14-18-19(23)17(21(34)29-16-4-2-15(3-5-16)22(24,25)26)12-28-20(18)33(30-14)11-10-31-6-8-32(13-27)9-7-31/h2-5,12H,6-11,13H2,1H3,(H,29,34). The summed E-state index contributed by atoms with van der Waals surface area (Å²) in [5.74, 6) is -0.556. The van der Waals surface area contributed by atoms with Gasteiger partial charge in [0, 0.05) is 44.6 Å². The van der Waals surface area contributed by atoms with Gasteiger partial charge in [-0.2, -0.15) is 18.3 Å². The number of aromatic nitrogens is 3. The molecule has 1 amide bonds. The third-order valence-electron chi connectivity index (χ3n) is 5.85. The van der Waals surface area contributed by atoms with E-state index in [2.05, 4.69) is 47.8 Å². The zero-order valence-corrected chi connectivity index (χ0v) is 21.3. The van der Waals surface area contributed by atoms with Gasteiger partial charge in [0.1, 0.15) is 0 Å². The van der Waals surface area contributed by atoms with Gasteiger partial charge in [-0.05, 0) is 31.2 Å². The molecular weight excluding hydrogens is 584 g/mol. The Labute approximate surface area is 213 Å². The average Bonchev–Trinajstić information content (AvgIpc) is 3.14. The van der Waals surface area contributed by atoms with Crippen LogP contribution in [0.3, 0.4) is 0 Å². The van der Waals surface area contributed by atoms with Gasteiger partial charge >= 0.3 is 6.18 Å². The van der Waals surface area contributed by atoms with E-state index in [-0.39, 0.29) is 16.3 Å². The Hall–Kier alpha value is -1.96. The van der Waals surface area contributed by atoms with Gasteiger partial charge in [0.15, 0.2) is 5.65 Å². The third kappa shape index (κ3) is 5.47. The topological polar surface area (TPSA) is 66.3 Å². The van der Waals surface area contributed by atoms with Crippen LogP contribution in [-0.4, -0.2) is 67.7 Å². The van der Waals surface area contributed by atoms with Crippen molar-refractivity contribution >= 4 is 56.8 Å². The van der Waals surface area contributed by atoms with Gasteiger partial charge in [0.25, 0.3) is 5.91 Å². The van der Waals surface area contributed by atoms with E-state index < -0.39 is 17.6 Å². The maximum absolute atomic E-state index is 12.8. The van der Waals surface area contributed by atoms with Gasteiger partial charge in [-0.15, -0.1) is 0 Å². The van der Waals surface area contributed by atoms with Crippen LogP contribution in [0.2, 0.25) is 5.02 Å². The predicted octanol–water partition coefficient (Wildman–Crippen LogP) is 4.67. The van der Waals surface area contributed by atoms with Crippen LogP contribution in [-0.2, 0) is 12.7 Å². The second-order valence-corrected chi connectivity index (χ2v) is 9.16. The molecule has 0 saturated carbocycles. The number of carbonyl (C=O) groups excluding carboxylic acids is 1. The number of aryl methyl sites for hydroxylation is 1. The van der Waals surface area contributed by atoms with E-state index in [0.29, 0.717) is 23.3 Å². The molecule has 0 unspecified atom stereocenters.